The van der Waals surface area contributed by atoms with Crippen molar-refractivity contribution in [2.45, 2.75) is 26.9 Å². The first-order chi connectivity index (χ1) is 9.40. The van der Waals surface area contributed by atoms with Crippen LogP contribution in [0.15, 0.2) is 28.7 Å². The minimum Gasteiger partial charge on any atom is -0.459 e. The summed E-state index contributed by atoms with van der Waals surface area (Å²) in [7, 11) is 0. The second-order valence-electron chi connectivity index (χ2n) is 4.74. The van der Waals surface area contributed by atoms with Gasteiger partial charge in [0.25, 0.3) is 0 Å². The van der Waals surface area contributed by atoms with Crippen LogP contribution in [0.5, 0.6) is 0 Å². The average Bonchev–Trinajstić information content (AvgIpc) is 2.63. The molecule has 20 heavy (non-hydrogen) atoms. The standard InChI is InChI=1S/C15H16BrNO2S/c1-8(2)19-15(18)13-12(9(3)20-14(13)17)10-5-4-6-11(16)7-10/h4-8H,17H2,1-3H3. The SMILES string of the molecule is Cc1sc(N)c(C(=O)OC(C)C)c1-c1cccc(Br)c1. The summed E-state index contributed by atoms with van der Waals surface area (Å²) < 4.78 is 6.26. The first-order valence-corrected chi connectivity index (χ1v) is 7.87. The molecule has 0 atom stereocenters. The highest BCUT2D eigenvalue weighted by Gasteiger charge is 2.23. The molecule has 2 rings (SSSR count). The van der Waals surface area contributed by atoms with Crippen LogP contribution in [0.4, 0.5) is 5.00 Å². The molecule has 0 amide bonds. The van der Waals surface area contributed by atoms with E-state index in [2.05, 4.69) is 15.9 Å². The van der Waals surface area contributed by atoms with Crippen LogP contribution in [0, 0.1) is 6.92 Å². The Morgan fingerprint density at radius 1 is 1.40 bits per heavy atom. The number of rotatable bonds is 3. The Bertz CT molecular complexity index is 649. The van der Waals surface area contributed by atoms with Gasteiger partial charge >= 0.3 is 5.97 Å². The summed E-state index contributed by atoms with van der Waals surface area (Å²) in [5.74, 6) is -0.364. The van der Waals surface area contributed by atoms with E-state index < -0.39 is 0 Å². The summed E-state index contributed by atoms with van der Waals surface area (Å²) in [5, 5.41) is 0.503. The van der Waals surface area contributed by atoms with Crippen molar-refractivity contribution in [3.05, 3.63) is 39.2 Å². The van der Waals surface area contributed by atoms with Gasteiger partial charge in [0.15, 0.2) is 0 Å². The lowest BCUT2D eigenvalue weighted by molar-refractivity contribution is 0.0380. The van der Waals surface area contributed by atoms with Gasteiger partial charge in [-0.2, -0.15) is 0 Å². The number of benzene rings is 1. The minimum atomic E-state index is -0.364. The normalized spacial score (nSPS) is 10.8. The molecule has 0 aliphatic carbocycles. The molecule has 0 spiro atoms. The van der Waals surface area contributed by atoms with E-state index in [-0.39, 0.29) is 12.1 Å². The number of halogens is 1. The second-order valence-corrected chi connectivity index (χ2v) is 6.91. The summed E-state index contributed by atoms with van der Waals surface area (Å²) in [5.41, 5.74) is 8.29. The zero-order chi connectivity index (χ0) is 14.9. The molecular formula is C15H16BrNO2S. The lowest BCUT2D eigenvalue weighted by atomic mass is 10.0. The summed E-state index contributed by atoms with van der Waals surface area (Å²) in [6, 6.07) is 7.82. The van der Waals surface area contributed by atoms with Gasteiger partial charge in [0.1, 0.15) is 10.6 Å². The molecule has 0 fully saturated rings. The Morgan fingerprint density at radius 2 is 2.10 bits per heavy atom. The highest BCUT2D eigenvalue weighted by Crippen LogP contribution is 2.39. The zero-order valence-corrected chi connectivity index (χ0v) is 14.0. The smallest absolute Gasteiger partial charge is 0.342 e. The van der Waals surface area contributed by atoms with Crippen molar-refractivity contribution < 1.29 is 9.53 Å². The average molecular weight is 354 g/mol. The maximum atomic E-state index is 12.3. The van der Waals surface area contributed by atoms with E-state index in [0.717, 1.165) is 20.5 Å². The van der Waals surface area contributed by atoms with Gasteiger partial charge < -0.3 is 10.5 Å². The second kappa shape index (κ2) is 5.97. The number of anilines is 1. The monoisotopic (exact) mass is 353 g/mol. The number of thiophene rings is 1. The van der Waals surface area contributed by atoms with E-state index in [4.69, 9.17) is 10.5 Å². The largest absolute Gasteiger partial charge is 0.459 e. The molecule has 0 saturated heterocycles. The van der Waals surface area contributed by atoms with Gasteiger partial charge in [-0.1, -0.05) is 28.1 Å². The van der Waals surface area contributed by atoms with Crippen molar-refractivity contribution in [2.75, 3.05) is 5.73 Å². The Labute approximate surface area is 130 Å². The van der Waals surface area contributed by atoms with Crippen molar-refractivity contribution in [1.29, 1.82) is 0 Å². The Hall–Kier alpha value is -1.33. The number of esters is 1. The van der Waals surface area contributed by atoms with Gasteiger partial charge in [0.05, 0.1) is 6.10 Å². The molecule has 1 aromatic carbocycles. The van der Waals surface area contributed by atoms with Gasteiger partial charge in [0.2, 0.25) is 0 Å². The molecular weight excluding hydrogens is 338 g/mol. The van der Waals surface area contributed by atoms with Crippen LogP contribution in [0.1, 0.15) is 29.1 Å². The molecule has 0 unspecified atom stereocenters. The van der Waals surface area contributed by atoms with Crippen LogP contribution in [0.3, 0.4) is 0 Å². The number of hydrogen-bond acceptors (Lipinski definition) is 4. The number of ether oxygens (including phenoxy) is 1. The van der Waals surface area contributed by atoms with E-state index in [1.807, 2.05) is 45.0 Å². The van der Waals surface area contributed by atoms with E-state index >= 15 is 0 Å². The van der Waals surface area contributed by atoms with Gasteiger partial charge in [-0.25, -0.2) is 4.79 Å². The Kier molecular flexibility index (Phi) is 4.50. The van der Waals surface area contributed by atoms with Crippen LogP contribution in [-0.4, -0.2) is 12.1 Å². The van der Waals surface area contributed by atoms with Crippen LogP contribution < -0.4 is 5.73 Å². The van der Waals surface area contributed by atoms with Crippen molar-refractivity contribution >= 4 is 38.2 Å². The van der Waals surface area contributed by atoms with E-state index in [0.29, 0.717) is 10.6 Å². The fraction of sp³-hybridized carbons (Fsp3) is 0.267. The third kappa shape index (κ3) is 3.04. The van der Waals surface area contributed by atoms with Crippen molar-refractivity contribution in [1.82, 2.24) is 0 Å². The summed E-state index contributed by atoms with van der Waals surface area (Å²) in [6.45, 7) is 5.61. The minimum absolute atomic E-state index is 0.169. The van der Waals surface area contributed by atoms with Crippen LogP contribution in [0.25, 0.3) is 11.1 Å². The lowest BCUT2D eigenvalue weighted by Gasteiger charge is -2.10. The highest BCUT2D eigenvalue weighted by molar-refractivity contribution is 9.10. The molecule has 106 valence electrons. The van der Waals surface area contributed by atoms with Crippen molar-refractivity contribution in [3.63, 3.8) is 0 Å². The van der Waals surface area contributed by atoms with Crippen LogP contribution in [0.2, 0.25) is 0 Å². The number of nitrogen functional groups attached to an aromatic ring is 1. The maximum Gasteiger partial charge on any atom is 0.342 e. The summed E-state index contributed by atoms with van der Waals surface area (Å²) in [6.07, 6.45) is -0.169. The Morgan fingerprint density at radius 3 is 2.70 bits per heavy atom. The van der Waals surface area contributed by atoms with E-state index in [1.165, 1.54) is 11.3 Å². The molecule has 0 aliphatic heterocycles. The molecule has 1 heterocycles. The van der Waals surface area contributed by atoms with Crippen LogP contribution in [-0.2, 0) is 4.74 Å². The van der Waals surface area contributed by atoms with Gasteiger partial charge in [-0.15, -0.1) is 11.3 Å². The predicted molar refractivity (Wildman–Crippen MR) is 87.2 cm³/mol. The molecule has 0 radical (unpaired) electrons. The molecule has 0 aliphatic rings. The number of carbonyl (C=O) groups is 1. The first-order valence-electron chi connectivity index (χ1n) is 6.26. The Balaban J connectivity index is 2.56. The number of nitrogens with two attached hydrogens (primary N) is 1. The van der Waals surface area contributed by atoms with E-state index in [9.17, 15) is 4.79 Å². The summed E-state index contributed by atoms with van der Waals surface area (Å²) in [4.78, 5) is 13.3. The summed E-state index contributed by atoms with van der Waals surface area (Å²) >= 11 is 4.86. The molecule has 5 heteroatoms. The van der Waals surface area contributed by atoms with Gasteiger partial charge in [-0.05, 0) is 38.5 Å². The fourth-order valence-corrected chi connectivity index (χ4v) is 3.37. The van der Waals surface area contributed by atoms with E-state index in [1.54, 1.807) is 0 Å². The van der Waals surface area contributed by atoms with Gasteiger partial charge in [-0.3, -0.25) is 0 Å². The lowest BCUT2D eigenvalue weighted by Crippen LogP contribution is -2.13. The first kappa shape index (κ1) is 15.1. The van der Waals surface area contributed by atoms with Crippen LogP contribution >= 0.6 is 27.3 Å². The predicted octanol–water partition coefficient (Wildman–Crippen LogP) is 4.63. The fourth-order valence-electron chi connectivity index (χ4n) is 2.03. The maximum absolute atomic E-state index is 12.3. The molecule has 3 nitrogen and oxygen atoms in total. The number of carbonyl (C=O) groups excluding carboxylic acids is 1. The zero-order valence-electron chi connectivity index (χ0n) is 11.6. The quantitative estimate of drug-likeness (QED) is 0.818. The third-order valence-corrected chi connectivity index (χ3v) is 4.20. The topological polar surface area (TPSA) is 52.3 Å². The third-order valence-electron chi connectivity index (χ3n) is 2.77. The highest BCUT2D eigenvalue weighted by atomic mass is 79.9. The van der Waals surface area contributed by atoms with Crippen molar-refractivity contribution in [2.24, 2.45) is 0 Å². The molecule has 0 saturated carbocycles. The van der Waals surface area contributed by atoms with Gasteiger partial charge in [0, 0.05) is 14.9 Å². The molecule has 0 bridgehead atoms. The number of hydrogen-bond donors (Lipinski definition) is 1. The molecule has 2 aromatic rings. The molecule has 2 N–H and O–H groups in total. The molecule has 1 aromatic heterocycles. The van der Waals surface area contributed by atoms with Crippen molar-refractivity contribution in [3.8, 4) is 11.1 Å². The number of aryl methyl sites for hydroxylation is 1.